The highest BCUT2D eigenvalue weighted by Crippen LogP contribution is 2.56. The molecule has 2 heterocycles. The molecule has 1 unspecified atom stereocenters. The maximum Gasteiger partial charge on any atom is 0.0560 e. The summed E-state index contributed by atoms with van der Waals surface area (Å²) in [7, 11) is 0. The normalized spacial score (nSPS) is 13.2. The van der Waals surface area contributed by atoms with Crippen LogP contribution >= 0.6 is 0 Å². The van der Waals surface area contributed by atoms with Crippen molar-refractivity contribution in [3.8, 4) is 123 Å². The minimum absolute atomic E-state index is 0.00982. The Morgan fingerprint density at radius 1 is 0.210 bits per heavy atom. The molecule has 27 rings (SSSR count). The van der Waals surface area contributed by atoms with Gasteiger partial charge >= 0.3 is 0 Å². The molecular weight excluding hydrogens is 1730 g/mol. The summed E-state index contributed by atoms with van der Waals surface area (Å²) in [6.45, 7) is 4.83. The highest BCUT2D eigenvalue weighted by atomic mass is 15.2. The molecule has 25 aromatic rings. The van der Waals surface area contributed by atoms with Crippen molar-refractivity contribution in [3.05, 3.63) is 544 Å². The second-order valence-electron chi connectivity index (χ2n) is 38.8. The lowest BCUT2D eigenvalue weighted by atomic mass is 9.80. The summed E-state index contributed by atoms with van der Waals surface area (Å²) in [6.07, 6.45) is 8.15. The van der Waals surface area contributed by atoms with Crippen molar-refractivity contribution < 1.29 is 0 Å². The van der Waals surface area contributed by atoms with Gasteiger partial charge in [-0.15, -0.1) is 0 Å². The number of benzene rings is 23. The van der Waals surface area contributed by atoms with E-state index in [1.54, 1.807) is 0 Å². The molecule has 4 nitrogen and oxygen atoms in total. The van der Waals surface area contributed by atoms with Gasteiger partial charge in [0.25, 0.3) is 0 Å². The highest BCUT2D eigenvalue weighted by Gasteiger charge is 2.38. The van der Waals surface area contributed by atoms with Crippen LogP contribution in [0.5, 0.6) is 0 Å². The van der Waals surface area contributed by atoms with Crippen molar-refractivity contribution in [3.63, 3.8) is 0 Å². The minimum atomic E-state index is -0.253. The Balaban J connectivity index is 0.515. The van der Waals surface area contributed by atoms with Gasteiger partial charge in [-0.2, -0.15) is 0 Å². The average molecular weight is 1820 g/mol. The standard InChI is InChI=1S/C139H96N4/c1-139(2)128-48-26-23-47-124(128)138-125(89-105(90-129(138)139)97-61-77-110(78-62-97)141(109-75-59-95(60-76-109)103-69-85-132-126(87-103)114-37-24-27-49-130(114)142(132)106-35-13-6-14-36-106)112-83-67-102(68-84-112)137-122-45-21-17-41-118(122)135(100-33-11-5-12-34-100)119-42-18-22-46-123(119)137)98-63-79-113(80-64-98)143-131-50-28-25-38-115(131)127-88-104(70-86-133(127)143)96-57-73-108(74-58-96)140(107-71-55-94(56-72-107)93-53-51-92(52-54-93)91-29-7-3-8-30-91)111-81-65-101(66-82-111)136-120-43-19-15-39-116(120)134(99-31-9-4-10-32-99)117-40-16-20-44-121(117)136/h3-77,79-90,110H,78H2,1-2H3. The van der Waals surface area contributed by atoms with Crippen LogP contribution in [-0.4, -0.2) is 15.2 Å². The quantitative estimate of drug-likeness (QED) is 0.0796. The molecule has 0 amide bonds. The number of rotatable bonds is 18. The SMILES string of the molecule is CC1(C)c2ccccc2-c2c(-c3ccc(-n4c5ccccc5c5cc(-c6ccc(N(c7ccc(-c8ccc(-c9ccccc9)cc8)cc7)c7ccc(-c8c9ccccc9c(-c9ccccc9)c9ccccc89)cc7)cc6)ccc54)cc3)cc(C3=CCC(N(c4ccc(-c5ccc6c(c5)c5ccccc5n6-c5ccccc5)cc4)c4ccc(-c5c6ccccc6c(-c6ccccc6)c6ccccc56)cc4)C=C3)cc21. The Morgan fingerprint density at radius 2 is 0.510 bits per heavy atom. The predicted octanol–water partition coefficient (Wildman–Crippen LogP) is 37.8. The molecule has 672 valence electrons. The van der Waals surface area contributed by atoms with Gasteiger partial charge in [0.15, 0.2) is 0 Å². The van der Waals surface area contributed by atoms with E-state index >= 15 is 0 Å². The molecule has 0 N–H and O–H groups in total. The first-order valence-electron chi connectivity index (χ1n) is 49.8. The van der Waals surface area contributed by atoms with E-state index in [0.29, 0.717) is 0 Å². The van der Waals surface area contributed by atoms with E-state index in [9.17, 15) is 0 Å². The van der Waals surface area contributed by atoms with Crippen LogP contribution in [-0.2, 0) is 5.41 Å². The fourth-order valence-electron chi connectivity index (χ4n) is 23.6. The zero-order chi connectivity index (χ0) is 94.7. The summed E-state index contributed by atoms with van der Waals surface area (Å²) in [5, 5.41) is 14.8. The third-order valence-corrected chi connectivity index (χ3v) is 30.4. The zero-order valence-electron chi connectivity index (χ0n) is 79.3. The first-order chi connectivity index (χ1) is 70.7. The smallest absolute Gasteiger partial charge is 0.0560 e. The molecule has 0 saturated carbocycles. The van der Waals surface area contributed by atoms with Crippen molar-refractivity contribution >= 4 is 121 Å². The molecule has 0 saturated heterocycles. The topological polar surface area (TPSA) is 16.3 Å². The van der Waals surface area contributed by atoms with Gasteiger partial charge in [0.2, 0.25) is 0 Å². The van der Waals surface area contributed by atoms with E-state index in [1.165, 1.54) is 193 Å². The zero-order valence-corrected chi connectivity index (χ0v) is 79.3. The summed E-state index contributed by atoms with van der Waals surface area (Å²) in [5.41, 5.74) is 41.5. The van der Waals surface area contributed by atoms with Crippen LogP contribution in [0.1, 0.15) is 37.0 Å². The number of hydrogen-bond acceptors (Lipinski definition) is 2. The van der Waals surface area contributed by atoms with Crippen LogP contribution in [0.25, 0.3) is 215 Å². The lowest BCUT2D eigenvalue weighted by Gasteiger charge is -2.34. The minimum Gasteiger partial charge on any atom is -0.334 e. The lowest BCUT2D eigenvalue weighted by molar-refractivity contribution is 0.660. The van der Waals surface area contributed by atoms with Crippen LogP contribution < -0.4 is 9.80 Å². The predicted molar refractivity (Wildman–Crippen MR) is 607 cm³/mol. The largest absolute Gasteiger partial charge is 0.334 e. The Morgan fingerprint density at radius 3 is 0.916 bits per heavy atom. The molecule has 1 atom stereocenters. The van der Waals surface area contributed by atoms with Gasteiger partial charge in [-0.3, -0.25) is 0 Å². The first kappa shape index (κ1) is 84.1. The summed E-state index contributed by atoms with van der Waals surface area (Å²) in [6, 6.07) is 189. The molecule has 0 aliphatic heterocycles. The Hall–Kier alpha value is -18.2. The summed E-state index contributed by atoms with van der Waals surface area (Å²) < 4.78 is 4.85. The molecule has 0 spiro atoms. The molecule has 2 aromatic heterocycles. The number of allylic oxidation sites excluding steroid dienone is 2. The number of aromatic nitrogens is 2. The molecular formula is C139H96N4. The van der Waals surface area contributed by atoms with Crippen molar-refractivity contribution in [1.82, 2.24) is 9.13 Å². The van der Waals surface area contributed by atoms with Gasteiger partial charge in [0.1, 0.15) is 0 Å². The highest BCUT2D eigenvalue weighted by molar-refractivity contribution is 6.24. The van der Waals surface area contributed by atoms with Crippen LogP contribution in [0.2, 0.25) is 0 Å². The van der Waals surface area contributed by atoms with Crippen LogP contribution in [0.3, 0.4) is 0 Å². The Kier molecular flexibility index (Phi) is 20.4. The van der Waals surface area contributed by atoms with Crippen molar-refractivity contribution in [1.29, 1.82) is 0 Å². The molecule has 143 heavy (non-hydrogen) atoms. The third-order valence-electron chi connectivity index (χ3n) is 30.4. The first-order valence-corrected chi connectivity index (χ1v) is 49.8. The second-order valence-corrected chi connectivity index (χ2v) is 38.8. The lowest BCUT2D eigenvalue weighted by Crippen LogP contribution is -2.30. The molecule has 4 heteroatoms. The van der Waals surface area contributed by atoms with Crippen LogP contribution in [0.15, 0.2) is 528 Å². The van der Waals surface area contributed by atoms with Gasteiger partial charge in [0.05, 0.1) is 28.1 Å². The van der Waals surface area contributed by atoms with E-state index in [4.69, 9.17) is 0 Å². The van der Waals surface area contributed by atoms with Gasteiger partial charge in [-0.1, -0.05) is 408 Å². The molecule has 0 fully saturated rings. The monoisotopic (exact) mass is 1820 g/mol. The average Bonchev–Trinajstić information content (AvgIpc) is 1.70. The van der Waals surface area contributed by atoms with E-state index in [1.807, 2.05) is 0 Å². The van der Waals surface area contributed by atoms with E-state index in [2.05, 4.69) is 561 Å². The van der Waals surface area contributed by atoms with E-state index < -0.39 is 0 Å². The van der Waals surface area contributed by atoms with Gasteiger partial charge in [-0.25, -0.2) is 0 Å². The maximum absolute atomic E-state index is 2.56. The Labute approximate surface area is 832 Å². The number of para-hydroxylation sites is 3. The Bertz CT molecular complexity index is 9250. The van der Waals surface area contributed by atoms with Crippen LogP contribution in [0.4, 0.5) is 28.4 Å². The van der Waals surface area contributed by atoms with Crippen molar-refractivity contribution in [2.45, 2.75) is 31.7 Å². The van der Waals surface area contributed by atoms with Crippen molar-refractivity contribution in [2.24, 2.45) is 0 Å². The molecule has 0 bridgehead atoms. The van der Waals surface area contributed by atoms with Gasteiger partial charge in [-0.05, 0) is 317 Å². The fourth-order valence-corrected chi connectivity index (χ4v) is 23.6. The van der Waals surface area contributed by atoms with Crippen LogP contribution in [0, 0.1) is 0 Å². The summed E-state index contributed by atoms with van der Waals surface area (Å²) in [5.74, 6) is 0. The molecule has 23 aromatic carbocycles. The maximum atomic E-state index is 2.56. The van der Waals surface area contributed by atoms with E-state index in [0.717, 1.165) is 74.0 Å². The summed E-state index contributed by atoms with van der Waals surface area (Å²) in [4.78, 5) is 4.96. The number of anilines is 5. The van der Waals surface area contributed by atoms with Gasteiger partial charge < -0.3 is 18.9 Å². The van der Waals surface area contributed by atoms with Gasteiger partial charge in [0, 0.05) is 66.8 Å². The molecule has 2 aliphatic carbocycles. The number of nitrogens with zero attached hydrogens (tertiary/aromatic N) is 4. The number of fused-ring (bicyclic) bond motifs is 13. The molecule has 2 aliphatic rings. The number of hydrogen-bond donors (Lipinski definition) is 0. The fraction of sp³-hybridized carbons (Fsp3) is 0.0360. The summed E-state index contributed by atoms with van der Waals surface area (Å²) >= 11 is 0. The molecule has 0 radical (unpaired) electrons. The second kappa shape index (κ2) is 34.7. The van der Waals surface area contributed by atoms with E-state index in [-0.39, 0.29) is 11.5 Å². The van der Waals surface area contributed by atoms with Crippen molar-refractivity contribution in [2.75, 3.05) is 9.80 Å². The third kappa shape index (κ3) is 14.4.